The Balaban J connectivity index is 0.00000149. The van der Waals surface area contributed by atoms with Gasteiger partial charge in [-0.05, 0) is 44.7 Å². The largest absolute Gasteiger partial charge is 0.382 e. The minimum Gasteiger partial charge on any atom is -0.382 e. The van der Waals surface area contributed by atoms with Gasteiger partial charge in [-0.3, -0.25) is 9.36 Å². The van der Waals surface area contributed by atoms with E-state index in [0.29, 0.717) is 22.9 Å². The van der Waals surface area contributed by atoms with Crippen LogP contribution in [0.25, 0.3) is 16.9 Å². The molecule has 0 spiro atoms. The molecule has 1 fully saturated rings. The van der Waals surface area contributed by atoms with E-state index in [1.165, 1.54) is 32.1 Å². The molecule has 0 radical (unpaired) electrons. The Kier molecular flexibility index (Phi) is 8.14. The van der Waals surface area contributed by atoms with E-state index in [-0.39, 0.29) is 11.9 Å². The van der Waals surface area contributed by atoms with Crippen LogP contribution in [-0.2, 0) is 4.79 Å². The Morgan fingerprint density at radius 2 is 1.97 bits per heavy atom. The van der Waals surface area contributed by atoms with Crippen LogP contribution in [0.2, 0.25) is 0 Å². The molecule has 3 aromatic heterocycles. The highest BCUT2D eigenvalue weighted by molar-refractivity contribution is 5.99. The van der Waals surface area contributed by atoms with Crippen molar-refractivity contribution in [3.05, 3.63) is 47.9 Å². The summed E-state index contributed by atoms with van der Waals surface area (Å²) >= 11 is 0. The minimum atomic E-state index is -0.0954. The van der Waals surface area contributed by atoms with Gasteiger partial charge in [0.1, 0.15) is 24.3 Å². The molecule has 0 aliphatic heterocycles. The number of carbonyl (C=O) groups excluding carboxylic acids is 2. The summed E-state index contributed by atoms with van der Waals surface area (Å²) in [5.74, 6) is 1.14. The van der Waals surface area contributed by atoms with Crippen LogP contribution in [0.3, 0.4) is 0 Å². The summed E-state index contributed by atoms with van der Waals surface area (Å²) in [5, 5.41) is 16.5. The van der Waals surface area contributed by atoms with Crippen LogP contribution in [-0.4, -0.2) is 39.8 Å². The number of pyridine rings is 2. The fourth-order valence-electron chi connectivity index (χ4n) is 4.18. The molecule has 8 nitrogen and oxygen atoms in total. The molecule has 4 rings (SSSR count). The molecule has 1 amide bonds. The Morgan fingerprint density at radius 3 is 2.67 bits per heavy atom. The SMILES string of the molecule is C=O.CC(C)Nc1cc(-n2ccc3cc(C#N)cnc32)ncc1C(=O)NCC1CCCCC1. The Labute approximate surface area is 194 Å². The van der Waals surface area contributed by atoms with Crippen LogP contribution >= 0.6 is 0 Å². The van der Waals surface area contributed by atoms with E-state index in [4.69, 9.17) is 10.1 Å². The van der Waals surface area contributed by atoms with Gasteiger partial charge >= 0.3 is 0 Å². The van der Waals surface area contributed by atoms with Crippen molar-refractivity contribution in [2.24, 2.45) is 5.92 Å². The van der Waals surface area contributed by atoms with Crippen LogP contribution < -0.4 is 10.6 Å². The van der Waals surface area contributed by atoms with Gasteiger partial charge in [0.05, 0.1) is 16.8 Å². The second-order valence-electron chi connectivity index (χ2n) is 8.54. The number of aromatic nitrogens is 3. The number of nitrogens with one attached hydrogen (secondary N) is 2. The lowest BCUT2D eigenvalue weighted by Gasteiger charge is -2.22. The lowest BCUT2D eigenvalue weighted by Crippen LogP contribution is -2.31. The number of fused-ring (bicyclic) bond motifs is 1. The highest BCUT2D eigenvalue weighted by Gasteiger charge is 2.18. The maximum Gasteiger partial charge on any atom is 0.254 e. The van der Waals surface area contributed by atoms with E-state index in [9.17, 15) is 4.79 Å². The molecule has 0 bridgehead atoms. The van der Waals surface area contributed by atoms with Crippen molar-refractivity contribution >= 4 is 29.4 Å². The molecule has 0 aromatic carbocycles. The average molecular weight is 447 g/mol. The fraction of sp³-hybridized carbons (Fsp3) is 0.400. The smallest absolute Gasteiger partial charge is 0.254 e. The first-order chi connectivity index (χ1) is 16.0. The van der Waals surface area contributed by atoms with Gasteiger partial charge in [-0.2, -0.15) is 5.26 Å². The Morgan fingerprint density at radius 1 is 1.21 bits per heavy atom. The predicted molar refractivity (Wildman–Crippen MR) is 128 cm³/mol. The number of anilines is 1. The van der Waals surface area contributed by atoms with Gasteiger partial charge in [0, 0.05) is 42.6 Å². The molecule has 8 heteroatoms. The average Bonchev–Trinajstić information content (AvgIpc) is 3.27. The van der Waals surface area contributed by atoms with Crippen LogP contribution in [0.15, 0.2) is 36.8 Å². The molecule has 0 unspecified atom stereocenters. The minimum absolute atomic E-state index is 0.0954. The first-order valence-corrected chi connectivity index (χ1v) is 11.3. The third kappa shape index (κ3) is 5.75. The summed E-state index contributed by atoms with van der Waals surface area (Å²) in [6.45, 7) is 6.80. The first kappa shape index (κ1) is 23.9. The molecule has 3 aromatic rings. The first-order valence-electron chi connectivity index (χ1n) is 11.3. The summed E-state index contributed by atoms with van der Waals surface area (Å²) in [6.07, 6.45) is 11.3. The summed E-state index contributed by atoms with van der Waals surface area (Å²) in [7, 11) is 0. The number of carbonyl (C=O) groups is 2. The third-order valence-corrected chi connectivity index (χ3v) is 5.76. The zero-order valence-electron chi connectivity index (χ0n) is 19.2. The standard InChI is InChI=1S/C24H28N6O.CH2O/c1-16(2)29-21-11-22(30-9-8-19-10-18(12-25)14-27-23(19)30)26-15-20(21)24(31)28-13-17-6-4-3-5-7-17;1-2/h8-11,14-17H,3-7,13H2,1-2H3,(H,26,29)(H,28,31);1H2. The quantitative estimate of drug-likeness (QED) is 0.586. The van der Waals surface area contributed by atoms with Gasteiger partial charge in [-0.15, -0.1) is 0 Å². The second kappa shape index (κ2) is 11.2. The van der Waals surface area contributed by atoms with Crippen LogP contribution in [0, 0.1) is 17.2 Å². The van der Waals surface area contributed by atoms with Crippen molar-refractivity contribution in [3.8, 4) is 11.9 Å². The lowest BCUT2D eigenvalue weighted by molar-refractivity contribution is -0.0980. The molecule has 1 aliphatic rings. The highest BCUT2D eigenvalue weighted by atomic mass is 16.1. The monoisotopic (exact) mass is 446 g/mol. The molecule has 0 atom stereocenters. The fourth-order valence-corrected chi connectivity index (χ4v) is 4.18. The van der Waals surface area contributed by atoms with E-state index in [0.717, 1.165) is 23.3 Å². The molecule has 172 valence electrons. The van der Waals surface area contributed by atoms with E-state index in [1.807, 2.05) is 43.5 Å². The summed E-state index contributed by atoms with van der Waals surface area (Å²) < 4.78 is 1.87. The van der Waals surface area contributed by atoms with Crippen molar-refractivity contribution in [1.29, 1.82) is 5.26 Å². The van der Waals surface area contributed by atoms with Gasteiger partial charge < -0.3 is 15.4 Å². The second-order valence-corrected chi connectivity index (χ2v) is 8.54. The van der Waals surface area contributed by atoms with Gasteiger partial charge in [-0.1, -0.05) is 19.3 Å². The van der Waals surface area contributed by atoms with Crippen LogP contribution in [0.1, 0.15) is 61.9 Å². The lowest BCUT2D eigenvalue weighted by atomic mass is 9.89. The normalized spacial score (nSPS) is 13.8. The molecule has 1 aliphatic carbocycles. The third-order valence-electron chi connectivity index (χ3n) is 5.76. The van der Waals surface area contributed by atoms with E-state index in [2.05, 4.69) is 26.7 Å². The van der Waals surface area contributed by atoms with Crippen molar-refractivity contribution in [2.75, 3.05) is 11.9 Å². The molecule has 2 N–H and O–H groups in total. The topological polar surface area (TPSA) is 113 Å². The Hall–Kier alpha value is -3.73. The number of nitriles is 1. The van der Waals surface area contributed by atoms with Crippen molar-refractivity contribution < 1.29 is 9.59 Å². The van der Waals surface area contributed by atoms with Crippen molar-refractivity contribution in [1.82, 2.24) is 19.9 Å². The van der Waals surface area contributed by atoms with Crippen LogP contribution in [0.5, 0.6) is 0 Å². The summed E-state index contributed by atoms with van der Waals surface area (Å²) in [6, 6.07) is 7.87. The molecular weight excluding hydrogens is 416 g/mol. The number of amides is 1. The maximum atomic E-state index is 12.9. The van der Waals surface area contributed by atoms with Gasteiger partial charge in [0.25, 0.3) is 5.91 Å². The Bertz CT molecular complexity index is 1140. The van der Waals surface area contributed by atoms with Crippen molar-refractivity contribution in [2.45, 2.75) is 52.0 Å². The van der Waals surface area contributed by atoms with E-state index >= 15 is 0 Å². The zero-order valence-corrected chi connectivity index (χ0v) is 19.2. The maximum absolute atomic E-state index is 12.9. The van der Waals surface area contributed by atoms with Gasteiger partial charge in [0.15, 0.2) is 0 Å². The molecular formula is C25H30N6O2. The number of hydrogen-bond donors (Lipinski definition) is 2. The van der Waals surface area contributed by atoms with Gasteiger partial charge in [-0.25, -0.2) is 9.97 Å². The number of nitrogens with zero attached hydrogens (tertiary/aromatic N) is 4. The zero-order chi connectivity index (χ0) is 23.8. The predicted octanol–water partition coefficient (Wildman–Crippen LogP) is 4.24. The molecule has 33 heavy (non-hydrogen) atoms. The van der Waals surface area contributed by atoms with Gasteiger partial charge in [0.2, 0.25) is 0 Å². The molecule has 0 saturated heterocycles. The van der Waals surface area contributed by atoms with Crippen LogP contribution in [0.4, 0.5) is 5.69 Å². The van der Waals surface area contributed by atoms with E-state index < -0.39 is 0 Å². The number of rotatable bonds is 6. The summed E-state index contributed by atoms with van der Waals surface area (Å²) in [4.78, 5) is 29.9. The molecule has 1 saturated carbocycles. The van der Waals surface area contributed by atoms with Crippen molar-refractivity contribution in [3.63, 3.8) is 0 Å². The summed E-state index contributed by atoms with van der Waals surface area (Å²) in [5.41, 5.74) is 2.53. The highest BCUT2D eigenvalue weighted by Crippen LogP contribution is 2.25. The van der Waals surface area contributed by atoms with E-state index in [1.54, 1.807) is 18.5 Å². The molecule has 3 heterocycles. The number of hydrogen-bond acceptors (Lipinski definition) is 6.